The highest BCUT2D eigenvalue weighted by Crippen LogP contribution is 2.30. The SMILES string of the molecule is O=C(O)c1c(NCC2(O)CCCC2)nc2ccccn12. The summed E-state index contributed by atoms with van der Waals surface area (Å²) in [5.74, 6) is -0.728. The molecule has 1 fully saturated rings. The van der Waals surface area contributed by atoms with Crippen LogP contribution in [-0.4, -0.2) is 37.7 Å². The Morgan fingerprint density at radius 1 is 1.40 bits per heavy atom. The normalized spacial score (nSPS) is 17.4. The molecule has 0 atom stereocenters. The van der Waals surface area contributed by atoms with Crippen molar-refractivity contribution in [3.8, 4) is 0 Å². The van der Waals surface area contributed by atoms with Gasteiger partial charge in [0.15, 0.2) is 11.5 Å². The van der Waals surface area contributed by atoms with Gasteiger partial charge in [0.1, 0.15) is 5.65 Å². The zero-order chi connectivity index (χ0) is 14.2. The highest BCUT2D eigenvalue weighted by Gasteiger charge is 2.31. The molecule has 0 aromatic carbocycles. The number of carbonyl (C=O) groups is 1. The Labute approximate surface area is 116 Å². The van der Waals surface area contributed by atoms with E-state index in [9.17, 15) is 15.0 Å². The lowest BCUT2D eigenvalue weighted by molar-refractivity contribution is 0.0609. The Morgan fingerprint density at radius 3 is 2.85 bits per heavy atom. The van der Waals surface area contributed by atoms with Crippen molar-refractivity contribution in [1.29, 1.82) is 0 Å². The van der Waals surface area contributed by atoms with Gasteiger partial charge in [-0.2, -0.15) is 0 Å². The van der Waals surface area contributed by atoms with E-state index >= 15 is 0 Å². The van der Waals surface area contributed by atoms with E-state index in [2.05, 4.69) is 10.3 Å². The standard InChI is InChI=1S/C14H17N3O3/c18-13(19)11-12(15-9-14(20)6-2-3-7-14)16-10-5-1-4-8-17(10)11/h1,4-5,8,15,20H,2-3,6-7,9H2,(H,18,19). The molecule has 0 spiro atoms. The number of hydrogen-bond acceptors (Lipinski definition) is 4. The molecule has 1 aliphatic rings. The van der Waals surface area contributed by atoms with Crippen molar-refractivity contribution in [1.82, 2.24) is 9.38 Å². The van der Waals surface area contributed by atoms with Gasteiger partial charge in [-0.05, 0) is 25.0 Å². The number of carboxylic acid groups (broad SMARTS) is 1. The molecule has 0 radical (unpaired) electrons. The molecule has 2 aromatic heterocycles. The van der Waals surface area contributed by atoms with Crippen LogP contribution in [0.15, 0.2) is 24.4 Å². The summed E-state index contributed by atoms with van der Waals surface area (Å²) in [7, 11) is 0. The van der Waals surface area contributed by atoms with Gasteiger partial charge in [-0.3, -0.25) is 4.40 Å². The Kier molecular flexibility index (Phi) is 3.10. The topological polar surface area (TPSA) is 86.9 Å². The molecule has 3 rings (SSSR count). The first kappa shape index (κ1) is 12.9. The quantitative estimate of drug-likeness (QED) is 0.791. The van der Waals surface area contributed by atoms with Gasteiger partial charge in [-0.1, -0.05) is 18.9 Å². The maximum atomic E-state index is 11.4. The first-order valence-corrected chi connectivity index (χ1v) is 6.76. The fraction of sp³-hybridized carbons (Fsp3) is 0.429. The van der Waals surface area contributed by atoms with Crippen molar-refractivity contribution < 1.29 is 15.0 Å². The van der Waals surface area contributed by atoms with Gasteiger partial charge in [-0.15, -0.1) is 0 Å². The second-order valence-corrected chi connectivity index (χ2v) is 5.33. The smallest absolute Gasteiger partial charge is 0.356 e. The fourth-order valence-corrected chi connectivity index (χ4v) is 2.78. The van der Waals surface area contributed by atoms with Gasteiger partial charge in [0.05, 0.1) is 5.60 Å². The lowest BCUT2D eigenvalue weighted by Gasteiger charge is -2.22. The summed E-state index contributed by atoms with van der Waals surface area (Å²) in [5.41, 5.74) is -0.0704. The molecular formula is C14H17N3O3. The van der Waals surface area contributed by atoms with E-state index in [-0.39, 0.29) is 5.69 Å². The van der Waals surface area contributed by atoms with Crippen LogP contribution in [0.1, 0.15) is 36.2 Å². The first-order valence-electron chi connectivity index (χ1n) is 6.76. The largest absolute Gasteiger partial charge is 0.476 e. The van der Waals surface area contributed by atoms with Crippen LogP contribution in [0.5, 0.6) is 0 Å². The number of nitrogens with zero attached hydrogens (tertiary/aromatic N) is 2. The number of aromatic carboxylic acids is 1. The molecule has 2 aromatic rings. The van der Waals surface area contributed by atoms with E-state index in [0.717, 1.165) is 25.7 Å². The molecule has 6 heteroatoms. The van der Waals surface area contributed by atoms with Gasteiger partial charge in [0.25, 0.3) is 0 Å². The maximum absolute atomic E-state index is 11.4. The van der Waals surface area contributed by atoms with Crippen molar-refractivity contribution in [2.24, 2.45) is 0 Å². The first-order chi connectivity index (χ1) is 9.59. The van der Waals surface area contributed by atoms with Crippen LogP contribution in [0, 0.1) is 0 Å². The van der Waals surface area contributed by atoms with Gasteiger partial charge < -0.3 is 15.5 Å². The van der Waals surface area contributed by atoms with E-state index in [0.29, 0.717) is 18.0 Å². The Balaban J connectivity index is 1.90. The Hall–Kier alpha value is -2.08. The van der Waals surface area contributed by atoms with Crippen LogP contribution in [0.3, 0.4) is 0 Å². The number of nitrogens with one attached hydrogen (secondary N) is 1. The molecule has 0 bridgehead atoms. The van der Waals surface area contributed by atoms with E-state index in [4.69, 9.17) is 0 Å². The van der Waals surface area contributed by atoms with E-state index < -0.39 is 11.6 Å². The lowest BCUT2D eigenvalue weighted by atomic mass is 10.0. The van der Waals surface area contributed by atoms with E-state index in [1.807, 2.05) is 6.07 Å². The summed E-state index contributed by atoms with van der Waals surface area (Å²) >= 11 is 0. The summed E-state index contributed by atoms with van der Waals surface area (Å²) in [6, 6.07) is 5.32. The van der Waals surface area contributed by atoms with Crippen molar-refractivity contribution in [3.05, 3.63) is 30.1 Å². The average Bonchev–Trinajstić information content (AvgIpc) is 3.00. The van der Waals surface area contributed by atoms with E-state index in [1.165, 1.54) is 4.40 Å². The molecule has 0 unspecified atom stereocenters. The van der Waals surface area contributed by atoms with Crippen LogP contribution in [0.25, 0.3) is 5.65 Å². The minimum atomic E-state index is -1.04. The number of fused-ring (bicyclic) bond motifs is 1. The van der Waals surface area contributed by atoms with Crippen LogP contribution in [-0.2, 0) is 0 Å². The molecule has 1 aliphatic carbocycles. The third-order valence-corrected chi connectivity index (χ3v) is 3.85. The molecule has 106 valence electrons. The number of anilines is 1. The number of aliphatic hydroxyl groups is 1. The third-order valence-electron chi connectivity index (χ3n) is 3.85. The highest BCUT2D eigenvalue weighted by molar-refractivity contribution is 5.92. The average molecular weight is 275 g/mol. The Morgan fingerprint density at radius 2 is 2.15 bits per heavy atom. The maximum Gasteiger partial charge on any atom is 0.356 e. The Bertz CT molecular complexity index is 644. The molecule has 2 heterocycles. The highest BCUT2D eigenvalue weighted by atomic mass is 16.4. The minimum absolute atomic E-state index is 0.0993. The summed E-state index contributed by atoms with van der Waals surface area (Å²) < 4.78 is 1.53. The van der Waals surface area contributed by atoms with Crippen molar-refractivity contribution >= 4 is 17.4 Å². The van der Waals surface area contributed by atoms with Crippen LogP contribution >= 0.6 is 0 Å². The minimum Gasteiger partial charge on any atom is -0.476 e. The summed E-state index contributed by atoms with van der Waals surface area (Å²) in [6.07, 6.45) is 5.18. The molecule has 1 saturated carbocycles. The van der Waals surface area contributed by atoms with Gasteiger partial charge in [0, 0.05) is 12.7 Å². The summed E-state index contributed by atoms with van der Waals surface area (Å²) in [5, 5.41) is 22.7. The second-order valence-electron chi connectivity index (χ2n) is 5.33. The number of pyridine rings is 1. The molecule has 3 N–H and O–H groups in total. The van der Waals surface area contributed by atoms with Crippen LogP contribution in [0.4, 0.5) is 5.82 Å². The monoisotopic (exact) mass is 275 g/mol. The molecule has 0 aliphatic heterocycles. The lowest BCUT2D eigenvalue weighted by Crippen LogP contribution is -2.33. The van der Waals surface area contributed by atoms with Crippen molar-refractivity contribution in [2.45, 2.75) is 31.3 Å². The number of carboxylic acids is 1. The van der Waals surface area contributed by atoms with Crippen LogP contribution < -0.4 is 5.32 Å². The van der Waals surface area contributed by atoms with Gasteiger partial charge in [-0.25, -0.2) is 9.78 Å². The van der Waals surface area contributed by atoms with Gasteiger partial charge >= 0.3 is 5.97 Å². The predicted octanol–water partition coefficient (Wildman–Crippen LogP) is 1.75. The fourth-order valence-electron chi connectivity index (χ4n) is 2.78. The predicted molar refractivity (Wildman–Crippen MR) is 74.1 cm³/mol. The second kappa shape index (κ2) is 4.79. The van der Waals surface area contributed by atoms with Crippen molar-refractivity contribution in [2.75, 3.05) is 11.9 Å². The third kappa shape index (κ3) is 2.22. The van der Waals surface area contributed by atoms with Gasteiger partial charge in [0.2, 0.25) is 0 Å². The molecule has 20 heavy (non-hydrogen) atoms. The number of rotatable bonds is 4. The number of imidazole rings is 1. The van der Waals surface area contributed by atoms with Crippen LogP contribution in [0.2, 0.25) is 0 Å². The summed E-state index contributed by atoms with van der Waals surface area (Å²) in [4.78, 5) is 15.7. The molecule has 0 amide bonds. The molecule has 0 saturated heterocycles. The van der Waals surface area contributed by atoms with E-state index in [1.54, 1.807) is 18.3 Å². The number of hydrogen-bond donors (Lipinski definition) is 3. The van der Waals surface area contributed by atoms with Crippen molar-refractivity contribution in [3.63, 3.8) is 0 Å². The summed E-state index contributed by atoms with van der Waals surface area (Å²) in [6.45, 7) is 0.331. The zero-order valence-corrected chi connectivity index (χ0v) is 11.0. The zero-order valence-electron chi connectivity index (χ0n) is 11.0. The molecular weight excluding hydrogens is 258 g/mol. The number of aromatic nitrogens is 2. The molecule has 6 nitrogen and oxygen atoms in total.